The summed E-state index contributed by atoms with van der Waals surface area (Å²) in [6.45, 7) is 3.05. The Bertz CT molecular complexity index is 246. The molecular weight excluding hydrogens is 224 g/mol. The molecular formula is C11H22N2O4. The number of hydrogen-bond acceptors (Lipinski definition) is 3. The first-order valence-electron chi connectivity index (χ1n) is 5.76. The van der Waals surface area contributed by atoms with E-state index < -0.39 is 12.0 Å². The van der Waals surface area contributed by atoms with Gasteiger partial charge in [0.15, 0.2) is 0 Å². The van der Waals surface area contributed by atoms with Crippen LogP contribution in [0.25, 0.3) is 0 Å². The normalized spacial score (nSPS) is 11.9. The van der Waals surface area contributed by atoms with Crippen molar-refractivity contribution >= 4 is 12.0 Å². The molecule has 0 spiro atoms. The largest absolute Gasteiger partial charge is 0.480 e. The van der Waals surface area contributed by atoms with E-state index in [-0.39, 0.29) is 6.03 Å². The van der Waals surface area contributed by atoms with Crippen LogP contribution in [0.3, 0.4) is 0 Å². The number of carboxylic acids is 1. The fraction of sp³-hybridized carbons (Fsp3) is 0.818. The van der Waals surface area contributed by atoms with Gasteiger partial charge in [0.25, 0.3) is 0 Å². The molecule has 2 N–H and O–H groups in total. The average molecular weight is 246 g/mol. The van der Waals surface area contributed by atoms with Crippen LogP contribution >= 0.6 is 0 Å². The topological polar surface area (TPSA) is 78.9 Å². The Morgan fingerprint density at radius 3 is 2.59 bits per heavy atom. The maximum absolute atomic E-state index is 11.6. The van der Waals surface area contributed by atoms with Gasteiger partial charge in [-0.3, -0.25) is 0 Å². The van der Waals surface area contributed by atoms with E-state index in [0.717, 1.165) is 6.42 Å². The molecule has 2 amide bonds. The van der Waals surface area contributed by atoms with Gasteiger partial charge in [-0.15, -0.1) is 0 Å². The molecule has 1 unspecified atom stereocenters. The first kappa shape index (κ1) is 15.7. The summed E-state index contributed by atoms with van der Waals surface area (Å²) in [5.74, 6) is -1.01. The van der Waals surface area contributed by atoms with Crippen LogP contribution in [0, 0.1) is 0 Å². The van der Waals surface area contributed by atoms with Crippen molar-refractivity contribution < 1.29 is 19.4 Å². The maximum Gasteiger partial charge on any atom is 0.326 e. The summed E-state index contributed by atoms with van der Waals surface area (Å²) < 4.78 is 4.85. The number of hydrogen-bond donors (Lipinski definition) is 2. The molecule has 0 rings (SSSR count). The molecule has 100 valence electrons. The van der Waals surface area contributed by atoms with Gasteiger partial charge in [0, 0.05) is 27.3 Å². The van der Waals surface area contributed by atoms with Crippen molar-refractivity contribution in [3.63, 3.8) is 0 Å². The lowest BCUT2D eigenvalue weighted by Gasteiger charge is -2.20. The van der Waals surface area contributed by atoms with E-state index in [2.05, 4.69) is 5.32 Å². The monoisotopic (exact) mass is 246 g/mol. The Kier molecular flexibility index (Phi) is 8.13. The second-order valence-corrected chi connectivity index (χ2v) is 3.90. The molecule has 0 saturated carbocycles. The number of urea groups is 1. The quantitative estimate of drug-likeness (QED) is 0.624. The molecule has 0 radical (unpaired) electrons. The molecule has 0 fully saturated rings. The molecule has 0 aromatic heterocycles. The highest BCUT2D eigenvalue weighted by molar-refractivity contribution is 5.82. The summed E-state index contributed by atoms with van der Waals surface area (Å²) in [6.07, 6.45) is 1.81. The Morgan fingerprint density at radius 1 is 1.47 bits per heavy atom. The highest BCUT2D eigenvalue weighted by Crippen LogP contribution is 2.00. The summed E-state index contributed by atoms with van der Waals surface area (Å²) in [6, 6.07) is -1.20. The molecule has 6 heteroatoms. The SMILES string of the molecule is CCCN(C)C(=O)NC(CCCOC)C(=O)O. The van der Waals surface area contributed by atoms with Gasteiger partial charge in [0.2, 0.25) is 0 Å². The second-order valence-electron chi connectivity index (χ2n) is 3.90. The van der Waals surface area contributed by atoms with Crippen LogP contribution in [-0.4, -0.2) is 55.4 Å². The molecule has 0 aliphatic heterocycles. The highest BCUT2D eigenvalue weighted by atomic mass is 16.5. The summed E-state index contributed by atoms with van der Waals surface area (Å²) in [5, 5.41) is 11.5. The van der Waals surface area contributed by atoms with Crippen LogP contribution in [0.2, 0.25) is 0 Å². The molecule has 0 aromatic carbocycles. The standard InChI is InChI=1S/C11H22N2O4/c1-4-7-13(2)11(16)12-9(10(14)15)6-5-8-17-3/h9H,4-8H2,1-3H3,(H,12,16)(H,14,15). The van der Waals surface area contributed by atoms with Crippen molar-refractivity contribution in [3.8, 4) is 0 Å². The van der Waals surface area contributed by atoms with Crippen molar-refractivity contribution in [2.75, 3.05) is 27.3 Å². The number of rotatable bonds is 8. The molecule has 1 atom stereocenters. The fourth-order valence-electron chi connectivity index (χ4n) is 1.39. The van der Waals surface area contributed by atoms with E-state index in [1.165, 1.54) is 4.90 Å². The fourth-order valence-corrected chi connectivity index (χ4v) is 1.39. The zero-order valence-electron chi connectivity index (χ0n) is 10.7. The average Bonchev–Trinajstić information content (AvgIpc) is 2.27. The lowest BCUT2D eigenvalue weighted by molar-refractivity contribution is -0.139. The zero-order valence-corrected chi connectivity index (χ0v) is 10.7. The van der Waals surface area contributed by atoms with E-state index in [4.69, 9.17) is 9.84 Å². The highest BCUT2D eigenvalue weighted by Gasteiger charge is 2.20. The van der Waals surface area contributed by atoms with Gasteiger partial charge < -0.3 is 20.1 Å². The summed E-state index contributed by atoms with van der Waals surface area (Å²) in [4.78, 5) is 24.0. The lowest BCUT2D eigenvalue weighted by atomic mass is 10.1. The van der Waals surface area contributed by atoms with Gasteiger partial charge >= 0.3 is 12.0 Å². The molecule has 0 saturated heterocycles. The third kappa shape index (κ3) is 6.78. The van der Waals surface area contributed by atoms with Gasteiger partial charge in [0.1, 0.15) is 6.04 Å². The van der Waals surface area contributed by atoms with E-state index in [1.54, 1.807) is 14.2 Å². The predicted octanol–water partition coefficient (Wildman–Crippen LogP) is 0.918. The van der Waals surface area contributed by atoms with E-state index in [9.17, 15) is 9.59 Å². The minimum atomic E-state index is -1.01. The number of carbonyl (C=O) groups is 2. The van der Waals surface area contributed by atoms with Crippen molar-refractivity contribution in [1.29, 1.82) is 0 Å². The van der Waals surface area contributed by atoms with E-state index in [0.29, 0.717) is 26.0 Å². The van der Waals surface area contributed by atoms with E-state index in [1.807, 2.05) is 6.92 Å². The van der Waals surface area contributed by atoms with Crippen molar-refractivity contribution in [2.24, 2.45) is 0 Å². The third-order valence-electron chi connectivity index (χ3n) is 2.34. The number of ether oxygens (including phenoxy) is 1. The Hall–Kier alpha value is -1.30. The molecule has 0 aliphatic rings. The van der Waals surface area contributed by atoms with Crippen LogP contribution in [0.4, 0.5) is 4.79 Å². The first-order valence-corrected chi connectivity index (χ1v) is 5.76. The van der Waals surface area contributed by atoms with Gasteiger partial charge in [0.05, 0.1) is 0 Å². The van der Waals surface area contributed by atoms with Gasteiger partial charge in [-0.1, -0.05) is 6.92 Å². The number of aliphatic carboxylic acids is 1. The molecule has 17 heavy (non-hydrogen) atoms. The summed E-state index contributed by atoms with van der Waals surface area (Å²) >= 11 is 0. The number of methoxy groups -OCH3 is 1. The van der Waals surface area contributed by atoms with Gasteiger partial charge in [-0.25, -0.2) is 9.59 Å². The summed E-state index contributed by atoms with van der Waals surface area (Å²) in [7, 11) is 3.20. The Balaban J connectivity index is 4.15. The van der Waals surface area contributed by atoms with Crippen molar-refractivity contribution in [1.82, 2.24) is 10.2 Å². The van der Waals surface area contributed by atoms with E-state index >= 15 is 0 Å². The zero-order chi connectivity index (χ0) is 13.3. The van der Waals surface area contributed by atoms with Crippen LogP contribution in [0.5, 0.6) is 0 Å². The Labute approximate surface area is 102 Å². The summed E-state index contributed by atoms with van der Waals surface area (Å²) in [5.41, 5.74) is 0. The number of nitrogens with one attached hydrogen (secondary N) is 1. The van der Waals surface area contributed by atoms with Crippen LogP contribution < -0.4 is 5.32 Å². The second kappa shape index (κ2) is 8.81. The molecule has 0 aliphatic carbocycles. The number of nitrogens with zero attached hydrogens (tertiary/aromatic N) is 1. The number of carbonyl (C=O) groups excluding carboxylic acids is 1. The van der Waals surface area contributed by atoms with Crippen LogP contribution in [-0.2, 0) is 9.53 Å². The van der Waals surface area contributed by atoms with Gasteiger partial charge in [-0.2, -0.15) is 0 Å². The molecule has 0 bridgehead atoms. The molecule has 0 heterocycles. The smallest absolute Gasteiger partial charge is 0.326 e. The van der Waals surface area contributed by atoms with Crippen LogP contribution in [0.1, 0.15) is 26.2 Å². The number of carboxylic acid groups (broad SMARTS) is 1. The Morgan fingerprint density at radius 2 is 2.12 bits per heavy atom. The van der Waals surface area contributed by atoms with Crippen molar-refractivity contribution in [3.05, 3.63) is 0 Å². The van der Waals surface area contributed by atoms with Crippen LogP contribution in [0.15, 0.2) is 0 Å². The lowest BCUT2D eigenvalue weighted by Crippen LogP contribution is -2.46. The minimum Gasteiger partial charge on any atom is -0.480 e. The first-order chi connectivity index (χ1) is 8.02. The third-order valence-corrected chi connectivity index (χ3v) is 2.34. The molecule has 0 aromatic rings. The predicted molar refractivity (Wildman–Crippen MR) is 64.0 cm³/mol. The minimum absolute atomic E-state index is 0.350. The van der Waals surface area contributed by atoms with Crippen molar-refractivity contribution in [2.45, 2.75) is 32.2 Å². The van der Waals surface area contributed by atoms with Gasteiger partial charge in [-0.05, 0) is 19.3 Å². The molecule has 6 nitrogen and oxygen atoms in total. The maximum atomic E-state index is 11.6. The number of amides is 2.